The second-order valence-corrected chi connectivity index (χ2v) is 6.85. The molecule has 144 valence electrons. The normalized spacial score (nSPS) is 19.0. The molecule has 0 bridgehead atoms. The van der Waals surface area contributed by atoms with E-state index < -0.39 is 12.0 Å². The number of amides is 2. The second kappa shape index (κ2) is 8.62. The van der Waals surface area contributed by atoms with Gasteiger partial charge in [0.05, 0.1) is 25.6 Å². The van der Waals surface area contributed by atoms with E-state index in [-0.39, 0.29) is 18.4 Å². The molecule has 2 atom stereocenters. The summed E-state index contributed by atoms with van der Waals surface area (Å²) >= 11 is 0. The Labute approximate surface area is 165 Å². The number of carbonyl (C=O) groups is 2. The summed E-state index contributed by atoms with van der Waals surface area (Å²) in [6.45, 7) is 2.15. The van der Waals surface area contributed by atoms with Gasteiger partial charge in [0.15, 0.2) is 0 Å². The summed E-state index contributed by atoms with van der Waals surface area (Å²) in [5.74, 6) is 2.49. The highest BCUT2D eigenvalue weighted by Gasteiger charge is 2.42. The lowest BCUT2D eigenvalue weighted by Crippen LogP contribution is -2.48. The van der Waals surface area contributed by atoms with Crippen molar-refractivity contribution >= 4 is 17.5 Å². The van der Waals surface area contributed by atoms with Crippen molar-refractivity contribution in [3.8, 4) is 18.1 Å². The molecule has 0 radical (unpaired) electrons. The number of anilines is 1. The molecule has 3 rings (SSSR count). The largest absolute Gasteiger partial charge is 0.496 e. The number of rotatable bonds is 5. The third-order valence-electron chi connectivity index (χ3n) is 5.07. The SMILES string of the molecule is C#CCNC(=O)C1CCC(=O)N(c2ccc(C)cc2)C1c1ccccc1OC. The zero-order valence-corrected chi connectivity index (χ0v) is 16.1. The van der Waals surface area contributed by atoms with Gasteiger partial charge in [-0.05, 0) is 31.5 Å². The average Bonchev–Trinajstić information content (AvgIpc) is 2.72. The van der Waals surface area contributed by atoms with Crippen LogP contribution in [0.5, 0.6) is 5.75 Å². The van der Waals surface area contributed by atoms with Crippen LogP contribution in [0.4, 0.5) is 5.69 Å². The third-order valence-corrected chi connectivity index (χ3v) is 5.07. The number of methoxy groups -OCH3 is 1. The lowest BCUT2D eigenvalue weighted by molar-refractivity contribution is -0.129. The number of piperidine rings is 1. The van der Waals surface area contributed by atoms with Crippen molar-refractivity contribution in [2.45, 2.75) is 25.8 Å². The highest BCUT2D eigenvalue weighted by molar-refractivity contribution is 5.97. The van der Waals surface area contributed by atoms with Gasteiger partial charge in [-0.3, -0.25) is 9.59 Å². The van der Waals surface area contributed by atoms with Crippen molar-refractivity contribution < 1.29 is 14.3 Å². The number of hydrogen-bond donors (Lipinski definition) is 1. The van der Waals surface area contributed by atoms with E-state index in [9.17, 15) is 9.59 Å². The molecule has 1 saturated heterocycles. The Hall–Kier alpha value is -3.26. The van der Waals surface area contributed by atoms with Crippen LogP contribution in [0.1, 0.15) is 30.0 Å². The molecule has 0 aliphatic carbocycles. The van der Waals surface area contributed by atoms with Crippen LogP contribution in [0.2, 0.25) is 0 Å². The first-order valence-corrected chi connectivity index (χ1v) is 9.29. The fraction of sp³-hybridized carbons (Fsp3) is 0.304. The Kier molecular flexibility index (Phi) is 6.00. The molecular formula is C23H24N2O3. The Balaban J connectivity index is 2.11. The van der Waals surface area contributed by atoms with Gasteiger partial charge in [-0.25, -0.2) is 0 Å². The minimum atomic E-state index is -0.474. The van der Waals surface area contributed by atoms with E-state index in [2.05, 4.69) is 11.2 Å². The number of terminal acetylenes is 1. The summed E-state index contributed by atoms with van der Waals surface area (Å²) in [6.07, 6.45) is 6.06. The molecule has 0 spiro atoms. The van der Waals surface area contributed by atoms with Crippen LogP contribution in [-0.2, 0) is 9.59 Å². The van der Waals surface area contributed by atoms with E-state index in [4.69, 9.17) is 11.2 Å². The van der Waals surface area contributed by atoms with Gasteiger partial charge >= 0.3 is 0 Å². The fourth-order valence-electron chi connectivity index (χ4n) is 3.71. The van der Waals surface area contributed by atoms with Gasteiger partial charge in [0.2, 0.25) is 11.8 Å². The van der Waals surface area contributed by atoms with Crippen molar-refractivity contribution in [1.82, 2.24) is 5.32 Å². The summed E-state index contributed by atoms with van der Waals surface area (Å²) in [5, 5.41) is 2.78. The summed E-state index contributed by atoms with van der Waals surface area (Å²) in [6, 6.07) is 14.8. The maximum Gasteiger partial charge on any atom is 0.227 e. The Morgan fingerprint density at radius 3 is 2.64 bits per heavy atom. The molecule has 0 aromatic heterocycles. The molecule has 5 nitrogen and oxygen atoms in total. The van der Waals surface area contributed by atoms with E-state index in [0.717, 1.165) is 16.8 Å². The standard InChI is InChI=1S/C23H24N2O3/c1-4-15-24-23(27)19-13-14-21(26)25(17-11-9-16(2)10-12-17)22(19)18-7-5-6-8-20(18)28-3/h1,5-12,19,22H,13-15H2,2-3H3,(H,24,27). The maximum atomic E-state index is 13.0. The third kappa shape index (κ3) is 3.86. The predicted molar refractivity (Wildman–Crippen MR) is 109 cm³/mol. The Bertz CT molecular complexity index is 899. The van der Waals surface area contributed by atoms with Crippen LogP contribution in [-0.4, -0.2) is 25.5 Å². The molecule has 2 amide bonds. The molecule has 0 saturated carbocycles. The minimum Gasteiger partial charge on any atom is -0.496 e. The monoisotopic (exact) mass is 376 g/mol. The second-order valence-electron chi connectivity index (χ2n) is 6.85. The lowest BCUT2D eigenvalue weighted by Gasteiger charge is -2.41. The first kappa shape index (κ1) is 19.5. The van der Waals surface area contributed by atoms with Crippen LogP contribution in [0.15, 0.2) is 48.5 Å². The van der Waals surface area contributed by atoms with Crippen LogP contribution in [0.3, 0.4) is 0 Å². The number of hydrogen-bond acceptors (Lipinski definition) is 3. The van der Waals surface area contributed by atoms with Gasteiger partial charge in [0, 0.05) is 17.7 Å². The van der Waals surface area contributed by atoms with E-state index in [0.29, 0.717) is 18.6 Å². The quantitative estimate of drug-likeness (QED) is 0.815. The number of nitrogens with zero attached hydrogens (tertiary/aromatic N) is 1. The van der Waals surface area contributed by atoms with Gasteiger partial charge in [0.25, 0.3) is 0 Å². The first-order chi connectivity index (χ1) is 13.6. The molecule has 2 aromatic carbocycles. The molecule has 1 N–H and O–H groups in total. The van der Waals surface area contributed by atoms with Crippen molar-refractivity contribution in [3.63, 3.8) is 0 Å². The summed E-state index contributed by atoms with van der Waals surface area (Å²) in [4.78, 5) is 27.6. The number of aryl methyl sites for hydroxylation is 1. The topological polar surface area (TPSA) is 58.6 Å². The van der Waals surface area contributed by atoms with Crippen molar-refractivity contribution in [2.75, 3.05) is 18.6 Å². The minimum absolute atomic E-state index is 0.0132. The van der Waals surface area contributed by atoms with Crippen LogP contribution in [0, 0.1) is 25.2 Å². The molecule has 1 aliphatic rings. The number of benzene rings is 2. The Morgan fingerprint density at radius 2 is 1.96 bits per heavy atom. The zero-order chi connectivity index (χ0) is 20.1. The van der Waals surface area contributed by atoms with Gasteiger partial charge in [0.1, 0.15) is 5.75 Å². The zero-order valence-electron chi connectivity index (χ0n) is 16.1. The molecular weight excluding hydrogens is 352 g/mol. The van der Waals surface area contributed by atoms with Crippen LogP contribution >= 0.6 is 0 Å². The van der Waals surface area contributed by atoms with E-state index in [1.165, 1.54) is 0 Å². The summed E-state index contributed by atoms with van der Waals surface area (Å²) < 4.78 is 5.54. The van der Waals surface area contributed by atoms with Crippen molar-refractivity contribution in [3.05, 3.63) is 59.7 Å². The average molecular weight is 376 g/mol. The maximum absolute atomic E-state index is 13.0. The molecule has 2 unspecified atom stereocenters. The summed E-state index contributed by atoms with van der Waals surface area (Å²) in [5.41, 5.74) is 2.67. The van der Waals surface area contributed by atoms with E-state index >= 15 is 0 Å². The van der Waals surface area contributed by atoms with E-state index in [1.54, 1.807) is 12.0 Å². The Morgan fingerprint density at radius 1 is 1.25 bits per heavy atom. The van der Waals surface area contributed by atoms with Crippen molar-refractivity contribution in [1.29, 1.82) is 0 Å². The molecule has 1 aliphatic heterocycles. The highest BCUT2D eigenvalue weighted by Crippen LogP contribution is 2.43. The first-order valence-electron chi connectivity index (χ1n) is 9.29. The van der Waals surface area contributed by atoms with Gasteiger partial charge in [-0.2, -0.15) is 0 Å². The highest BCUT2D eigenvalue weighted by atomic mass is 16.5. The van der Waals surface area contributed by atoms with Crippen LogP contribution < -0.4 is 15.0 Å². The summed E-state index contributed by atoms with van der Waals surface area (Å²) in [7, 11) is 1.59. The van der Waals surface area contributed by atoms with Gasteiger partial charge in [-0.1, -0.05) is 41.8 Å². The van der Waals surface area contributed by atoms with Gasteiger partial charge < -0.3 is 15.0 Å². The molecule has 1 fully saturated rings. The number of carbonyl (C=O) groups excluding carboxylic acids is 2. The molecule has 2 aromatic rings. The van der Waals surface area contributed by atoms with Crippen molar-refractivity contribution in [2.24, 2.45) is 5.92 Å². The number of para-hydroxylation sites is 1. The molecule has 1 heterocycles. The smallest absolute Gasteiger partial charge is 0.227 e. The molecule has 5 heteroatoms. The molecule has 28 heavy (non-hydrogen) atoms. The number of ether oxygens (including phenoxy) is 1. The van der Waals surface area contributed by atoms with E-state index in [1.807, 2.05) is 55.5 Å². The van der Waals surface area contributed by atoms with Gasteiger partial charge in [-0.15, -0.1) is 6.42 Å². The van der Waals surface area contributed by atoms with Crippen LogP contribution in [0.25, 0.3) is 0 Å². The fourth-order valence-corrected chi connectivity index (χ4v) is 3.71. The predicted octanol–water partition coefficient (Wildman–Crippen LogP) is 3.24. The number of nitrogens with one attached hydrogen (secondary N) is 1. The lowest BCUT2D eigenvalue weighted by atomic mass is 9.82.